The van der Waals surface area contributed by atoms with Crippen molar-refractivity contribution >= 4 is 28.3 Å². The molecule has 0 bridgehead atoms. The van der Waals surface area contributed by atoms with Crippen molar-refractivity contribution in [1.29, 1.82) is 0 Å². The molecular weight excluding hydrogens is 494 g/mol. The van der Waals surface area contributed by atoms with E-state index in [2.05, 4.69) is 35.9 Å². The maximum Gasteiger partial charge on any atom is 0.573 e. The maximum atomic E-state index is 14.3. The highest BCUT2D eigenvalue weighted by molar-refractivity contribution is 7.15. The van der Waals surface area contributed by atoms with E-state index in [1.54, 1.807) is 6.92 Å². The van der Waals surface area contributed by atoms with Gasteiger partial charge < -0.3 is 15.4 Å². The van der Waals surface area contributed by atoms with Crippen molar-refractivity contribution in [2.75, 3.05) is 11.9 Å². The molecule has 3 aromatic rings. The van der Waals surface area contributed by atoms with Crippen molar-refractivity contribution < 1.29 is 31.9 Å². The summed E-state index contributed by atoms with van der Waals surface area (Å²) in [7, 11) is 0. The van der Waals surface area contributed by atoms with Crippen LogP contribution in [0.5, 0.6) is 5.75 Å². The number of carbonyl (C=O) groups excluding carboxylic acids is 2. The van der Waals surface area contributed by atoms with Crippen molar-refractivity contribution in [3.05, 3.63) is 46.7 Å². The van der Waals surface area contributed by atoms with Gasteiger partial charge in [0.2, 0.25) is 11.0 Å². The van der Waals surface area contributed by atoms with Crippen LogP contribution in [0.4, 0.5) is 22.7 Å². The molecule has 2 N–H and O–H groups in total. The molecule has 2 heterocycles. The Bertz CT molecular complexity index is 1150. The van der Waals surface area contributed by atoms with Crippen LogP contribution in [-0.4, -0.2) is 56.1 Å². The number of aromatic nitrogens is 5. The number of amides is 2. The van der Waals surface area contributed by atoms with Gasteiger partial charge in [-0.3, -0.25) is 9.59 Å². The third-order valence-corrected chi connectivity index (χ3v) is 5.27. The first kappa shape index (κ1) is 26.0. The fourth-order valence-electron chi connectivity index (χ4n) is 2.92. The highest BCUT2D eigenvalue weighted by atomic mass is 32.1. The molecule has 1 unspecified atom stereocenters. The molecule has 0 saturated carbocycles. The van der Waals surface area contributed by atoms with E-state index in [-0.39, 0.29) is 42.5 Å². The molecule has 35 heavy (non-hydrogen) atoms. The number of benzene rings is 1. The molecule has 1 atom stereocenters. The van der Waals surface area contributed by atoms with Gasteiger partial charge in [0.15, 0.2) is 5.69 Å². The summed E-state index contributed by atoms with van der Waals surface area (Å²) >= 11 is 1.06. The minimum atomic E-state index is -4.83. The first-order valence-corrected chi connectivity index (χ1v) is 11.2. The van der Waals surface area contributed by atoms with Gasteiger partial charge in [0.05, 0.1) is 19.2 Å². The van der Waals surface area contributed by atoms with Crippen molar-refractivity contribution in [2.24, 2.45) is 0 Å². The molecule has 2 aromatic heterocycles. The summed E-state index contributed by atoms with van der Waals surface area (Å²) in [5.41, 5.74) is 0.417. The second kappa shape index (κ2) is 11.7. The van der Waals surface area contributed by atoms with Gasteiger partial charge in [-0.2, -0.15) is 0 Å². The van der Waals surface area contributed by atoms with Gasteiger partial charge >= 0.3 is 6.36 Å². The Labute approximate surface area is 200 Å². The number of alkyl halides is 4. The number of ether oxygens (including phenoxy) is 1. The molecule has 3 rings (SSSR count). The van der Waals surface area contributed by atoms with E-state index >= 15 is 0 Å². The van der Waals surface area contributed by atoms with E-state index in [9.17, 15) is 27.2 Å². The van der Waals surface area contributed by atoms with Crippen LogP contribution < -0.4 is 15.4 Å². The van der Waals surface area contributed by atoms with Gasteiger partial charge in [-0.15, -0.1) is 28.5 Å². The number of hydrogen-bond acceptors (Lipinski definition) is 8. The SMILES string of the molecule is CCNC(=O)c1cn(CC(F)CCc2nnc(NC(=O)Cc3cccc(OC(F)(F)F)c3)s2)nn1. The highest BCUT2D eigenvalue weighted by Gasteiger charge is 2.31. The largest absolute Gasteiger partial charge is 0.573 e. The molecule has 15 heteroatoms. The summed E-state index contributed by atoms with van der Waals surface area (Å²) in [6.07, 6.45) is -4.60. The molecule has 0 aliphatic carbocycles. The van der Waals surface area contributed by atoms with E-state index in [4.69, 9.17) is 0 Å². The molecule has 0 fully saturated rings. The van der Waals surface area contributed by atoms with E-state index in [1.807, 2.05) is 0 Å². The zero-order valence-corrected chi connectivity index (χ0v) is 19.2. The standard InChI is InChI=1S/C20H21F4N7O3S/c1-2-25-18(33)15-11-31(30-27-15)10-13(21)6-7-17-28-29-19(35-17)26-16(32)9-12-4-3-5-14(8-12)34-20(22,23)24/h3-5,8,11,13H,2,6-7,9-10H2,1H3,(H,25,33)(H,26,29,32). The predicted molar refractivity (Wildman–Crippen MR) is 117 cm³/mol. The van der Waals surface area contributed by atoms with Crippen LogP contribution in [0.3, 0.4) is 0 Å². The molecule has 0 spiro atoms. The number of anilines is 1. The number of nitrogens with one attached hydrogen (secondary N) is 2. The third kappa shape index (κ3) is 8.59. The minimum Gasteiger partial charge on any atom is -0.406 e. The fourth-order valence-corrected chi connectivity index (χ4v) is 3.69. The Hall–Kier alpha value is -3.62. The van der Waals surface area contributed by atoms with Crippen LogP contribution >= 0.6 is 11.3 Å². The van der Waals surface area contributed by atoms with Gasteiger partial charge in [0, 0.05) is 13.0 Å². The monoisotopic (exact) mass is 515 g/mol. The summed E-state index contributed by atoms with van der Waals surface area (Å²) in [5.74, 6) is -1.32. The molecule has 0 aliphatic heterocycles. The number of aryl methyl sites for hydroxylation is 1. The van der Waals surface area contributed by atoms with Crippen molar-refractivity contribution in [1.82, 2.24) is 30.5 Å². The number of rotatable bonds is 11. The van der Waals surface area contributed by atoms with Crippen LogP contribution in [0, 0.1) is 0 Å². The van der Waals surface area contributed by atoms with E-state index < -0.39 is 24.2 Å². The molecular formula is C20H21F4N7O3S. The Morgan fingerprint density at radius 2 is 2.03 bits per heavy atom. The van der Waals surface area contributed by atoms with E-state index in [0.717, 1.165) is 23.5 Å². The zero-order valence-electron chi connectivity index (χ0n) is 18.4. The average Bonchev–Trinajstić information content (AvgIpc) is 3.41. The first-order chi connectivity index (χ1) is 16.6. The summed E-state index contributed by atoms with van der Waals surface area (Å²) in [4.78, 5) is 23.9. The van der Waals surface area contributed by atoms with E-state index in [1.165, 1.54) is 23.0 Å². The van der Waals surface area contributed by atoms with Crippen LogP contribution in [0.2, 0.25) is 0 Å². The minimum absolute atomic E-state index is 0.0914. The van der Waals surface area contributed by atoms with Crippen molar-refractivity contribution in [3.8, 4) is 5.75 Å². The first-order valence-electron chi connectivity index (χ1n) is 10.4. The molecule has 188 valence electrons. The molecule has 0 radical (unpaired) electrons. The Kier molecular flexibility index (Phi) is 8.68. The Morgan fingerprint density at radius 1 is 1.23 bits per heavy atom. The molecule has 1 aromatic carbocycles. The van der Waals surface area contributed by atoms with E-state index in [0.29, 0.717) is 17.1 Å². The van der Waals surface area contributed by atoms with Gasteiger partial charge in [0.25, 0.3) is 5.91 Å². The average molecular weight is 515 g/mol. The number of carbonyl (C=O) groups is 2. The lowest BCUT2D eigenvalue weighted by atomic mass is 10.1. The normalized spacial score (nSPS) is 12.3. The summed E-state index contributed by atoms with van der Waals surface area (Å²) in [5, 5.41) is 21.0. The molecule has 0 saturated heterocycles. The fraction of sp³-hybridized carbons (Fsp3) is 0.400. The number of nitrogens with zero attached hydrogens (tertiary/aromatic N) is 5. The summed E-state index contributed by atoms with van der Waals surface area (Å²) < 4.78 is 56.5. The van der Waals surface area contributed by atoms with Crippen LogP contribution in [0.1, 0.15) is 34.4 Å². The van der Waals surface area contributed by atoms with Crippen molar-refractivity contribution in [3.63, 3.8) is 0 Å². The lowest BCUT2D eigenvalue weighted by Crippen LogP contribution is -2.23. The second-order valence-electron chi connectivity index (χ2n) is 7.24. The van der Waals surface area contributed by atoms with Crippen LogP contribution in [-0.2, 0) is 24.2 Å². The molecule has 10 nitrogen and oxygen atoms in total. The van der Waals surface area contributed by atoms with Gasteiger partial charge in [-0.25, -0.2) is 9.07 Å². The quantitative estimate of drug-likeness (QED) is 0.376. The molecule has 0 aliphatic rings. The summed E-state index contributed by atoms with van der Waals surface area (Å²) in [6.45, 7) is 2.11. The Balaban J connectivity index is 1.45. The number of halogens is 4. The summed E-state index contributed by atoms with van der Waals surface area (Å²) in [6, 6.07) is 5.09. The predicted octanol–water partition coefficient (Wildman–Crippen LogP) is 2.93. The van der Waals surface area contributed by atoms with Gasteiger partial charge in [-0.1, -0.05) is 28.7 Å². The van der Waals surface area contributed by atoms with Crippen LogP contribution in [0.25, 0.3) is 0 Å². The topological polar surface area (TPSA) is 124 Å². The highest BCUT2D eigenvalue weighted by Crippen LogP contribution is 2.24. The maximum absolute atomic E-state index is 14.3. The lowest BCUT2D eigenvalue weighted by Gasteiger charge is -2.09. The zero-order chi connectivity index (χ0) is 25.4. The molecule has 2 amide bonds. The lowest BCUT2D eigenvalue weighted by molar-refractivity contribution is -0.274. The van der Waals surface area contributed by atoms with Gasteiger partial charge in [0.1, 0.15) is 16.9 Å². The van der Waals surface area contributed by atoms with Crippen molar-refractivity contribution in [2.45, 2.75) is 45.3 Å². The number of hydrogen-bond donors (Lipinski definition) is 2. The van der Waals surface area contributed by atoms with Crippen LogP contribution in [0.15, 0.2) is 30.5 Å². The van der Waals surface area contributed by atoms with Gasteiger partial charge in [-0.05, 0) is 31.0 Å². The Morgan fingerprint density at radius 3 is 2.77 bits per heavy atom. The smallest absolute Gasteiger partial charge is 0.406 e. The third-order valence-electron chi connectivity index (χ3n) is 4.38. The second-order valence-corrected chi connectivity index (χ2v) is 8.30.